The average Bonchev–Trinajstić information content (AvgIpc) is 2.79. The predicted molar refractivity (Wildman–Crippen MR) is 57.2 cm³/mol. The number of nitrogens with zero attached hydrogens (tertiary/aromatic N) is 3. The minimum Gasteiger partial charge on any atom is -0.316 e. The zero-order chi connectivity index (χ0) is 10.1. The summed E-state index contributed by atoms with van der Waals surface area (Å²) in [4.78, 5) is 10.9. The van der Waals surface area contributed by atoms with E-state index in [9.17, 15) is 0 Å². The molecule has 3 heterocycles. The number of fused-ring (bicyclic) bond motifs is 1. The predicted octanol–water partition coefficient (Wildman–Crippen LogP) is 0.128. The number of aromatic nitrogens is 2. The van der Waals surface area contributed by atoms with Crippen LogP contribution in [0.5, 0.6) is 0 Å². The van der Waals surface area contributed by atoms with Gasteiger partial charge >= 0.3 is 0 Å². The van der Waals surface area contributed by atoms with Crippen molar-refractivity contribution in [3.63, 3.8) is 0 Å². The Morgan fingerprint density at radius 1 is 1.27 bits per heavy atom. The first-order valence-electron chi connectivity index (χ1n) is 5.60. The van der Waals surface area contributed by atoms with E-state index in [2.05, 4.69) is 20.2 Å². The highest BCUT2D eigenvalue weighted by molar-refractivity contribution is 4.98. The highest BCUT2D eigenvalue weighted by Crippen LogP contribution is 2.26. The van der Waals surface area contributed by atoms with Gasteiger partial charge < -0.3 is 5.32 Å². The molecule has 2 aliphatic rings. The Morgan fingerprint density at radius 2 is 2.07 bits per heavy atom. The molecule has 80 valence electrons. The molecule has 4 nitrogen and oxygen atoms in total. The van der Waals surface area contributed by atoms with Crippen LogP contribution in [0.25, 0.3) is 0 Å². The van der Waals surface area contributed by atoms with Crippen LogP contribution >= 0.6 is 0 Å². The van der Waals surface area contributed by atoms with Gasteiger partial charge in [0.1, 0.15) is 0 Å². The highest BCUT2D eigenvalue weighted by atomic mass is 15.2. The van der Waals surface area contributed by atoms with Crippen LogP contribution in [0.15, 0.2) is 18.6 Å². The van der Waals surface area contributed by atoms with E-state index in [0.717, 1.165) is 24.1 Å². The number of hydrogen-bond acceptors (Lipinski definition) is 4. The Bertz CT molecular complexity index is 315. The molecule has 15 heavy (non-hydrogen) atoms. The van der Waals surface area contributed by atoms with Crippen LogP contribution in [-0.2, 0) is 6.54 Å². The second-order valence-corrected chi connectivity index (χ2v) is 4.57. The molecule has 2 atom stereocenters. The Labute approximate surface area is 89.7 Å². The lowest BCUT2D eigenvalue weighted by molar-refractivity contribution is 0.301. The highest BCUT2D eigenvalue weighted by Gasteiger charge is 2.35. The van der Waals surface area contributed by atoms with Gasteiger partial charge in [0.2, 0.25) is 0 Å². The molecule has 2 saturated heterocycles. The lowest BCUT2D eigenvalue weighted by Crippen LogP contribution is -2.25. The van der Waals surface area contributed by atoms with Crippen LogP contribution in [0.1, 0.15) is 5.69 Å². The van der Waals surface area contributed by atoms with Crippen molar-refractivity contribution in [2.45, 2.75) is 6.54 Å². The van der Waals surface area contributed by atoms with Crippen molar-refractivity contribution >= 4 is 0 Å². The van der Waals surface area contributed by atoms with Crippen LogP contribution in [0.4, 0.5) is 0 Å². The Kier molecular flexibility index (Phi) is 2.38. The monoisotopic (exact) mass is 204 g/mol. The van der Waals surface area contributed by atoms with Gasteiger partial charge in [0, 0.05) is 38.2 Å². The molecule has 0 aliphatic carbocycles. The van der Waals surface area contributed by atoms with E-state index >= 15 is 0 Å². The summed E-state index contributed by atoms with van der Waals surface area (Å²) in [5, 5.41) is 3.45. The minimum absolute atomic E-state index is 0.863. The fourth-order valence-corrected chi connectivity index (χ4v) is 2.72. The van der Waals surface area contributed by atoms with Crippen molar-refractivity contribution in [1.29, 1.82) is 0 Å². The first-order chi connectivity index (χ1) is 7.42. The Hall–Kier alpha value is -1.00. The second kappa shape index (κ2) is 3.87. The SMILES string of the molecule is c1cnc(CN2CC3CNCC3C2)cn1. The second-order valence-electron chi connectivity index (χ2n) is 4.57. The fourth-order valence-electron chi connectivity index (χ4n) is 2.72. The molecule has 2 aliphatic heterocycles. The maximum Gasteiger partial charge on any atom is 0.0726 e. The molecule has 0 saturated carbocycles. The zero-order valence-electron chi connectivity index (χ0n) is 8.76. The van der Waals surface area contributed by atoms with Crippen molar-refractivity contribution in [3.8, 4) is 0 Å². The van der Waals surface area contributed by atoms with E-state index in [4.69, 9.17) is 0 Å². The molecular formula is C11H16N4. The molecule has 0 aromatic carbocycles. The molecular weight excluding hydrogens is 188 g/mol. The Morgan fingerprint density at radius 3 is 2.73 bits per heavy atom. The molecule has 0 bridgehead atoms. The van der Waals surface area contributed by atoms with Crippen LogP contribution in [-0.4, -0.2) is 41.0 Å². The summed E-state index contributed by atoms with van der Waals surface area (Å²) in [6.07, 6.45) is 5.37. The molecule has 1 aromatic heterocycles. The molecule has 0 radical (unpaired) electrons. The van der Waals surface area contributed by atoms with Gasteiger partial charge in [-0.05, 0) is 24.9 Å². The van der Waals surface area contributed by atoms with Gasteiger partial charge in [-0.15, -0.1) is 0 Å². The first-order valence-corrected chi connectivity index (χ1v) is 5.60. The van der Waals surface area contributed by atoms with E-state index in [1.165, 1.54) is 26.2 Å². The zero-order valence-corrected chi connectivity index (χ0v) is 8.76. The summed E-state index contributed by atoms with van der Waals surface area (Å²) in [5.74, 6) is 1.73. The van der Waals surface area contributed by atoms with Crippen molar-refractivity contribution < 1.29 is 0 Å². The van der Waals surface area contributed by atoms with Crippen LogP contribution in [0.3, 0.4) is 0 Å². The van der Waals surface area contributed by atoms with Crippen molar-refractivity contribution in [1.82, 2.24) is 20.2 Å². The van der Waals surface area contributed by atoms with Gasteiger partial charge in [0.15, 0.2) is 0 Å². The molecule has 1 N–H and O–H groups in total. The third-order valence-corrected chi connectivity index (χ3v) is 3.47. The topological polar surface area (TPSA) is 41.1 Å². The van der Waals surface area contributed by atoms with Crippen LogP contribution < -0.4 is 5.32 Å². The minimum atomic E-state index is 0.863. The van der Waals surface area contributed by atoms with Gasteiger partial charge in [-0.1, -0.05) is 0 Å². The van der Waals surface area contributed by atoms with Gasteiger partial charge in [-0.3, -0.25) is 14.9 Å². The fraction of sp³-hybridized carbons (Fsp3) is 0.636. The number of likely N-dealkylation sites (tertiary alicyclic amines) is 1. The maximum atomic E-state index is 4.32. The van der Waals surface area contributed by atoms with E-state index < -0.39 is 0 Å². The quantitative estimate of drug-likeness (QED) is 0.743. The Balaban J connectivity index is 1.62. The van der Waals surface area contributed by atoms with E-state index in [-0.39, 0.29) is 0 Å². The maximum absolute atomic E-state index is 4.32. The molecule has 0 amide bonds. The summed E-state index contributed by atoms with van der Waals surface area (Å²) in [7, 11) is 0. The standard InChI is InChI=1S/C11H16N4/c1-2-14-11(5-12-1)8-15-6-9-3-13-4-10(9)7-15/h1-2,5,9-10,13H,3-4,6-8H2. The normalized spacial score (nSPS) is 30.7. The third-order valence-electron chi connectivity index (χ3n) is 3.47. The van der Waals surface area contributed by atoms with E-state index in [1.54, 1.807) is 12.4 Å². The van der Waals surface area contributed by atoms with Gasteiger partial charge in [-0.2, -0.15) is 0 Å². The van der Waals surface area contributed by atoms with Crippen LogP contribution in [0, 0.1) is 11.8 Å². The van der Waals surface area contributed by atoms with Crippen molar-refractivity contribution in [3.05, 3.63) is 24.3 Å². The molecule has 4 heteroatoms. The first kappa shape index (κ1) is 9.24. The summed E-state index contributed by atoms with van der Waals surface area (Å²) >= 11 is 0. The lowest BCUT2D eigenvalue weighted by Gasteiger charge is -2.15. The van der Waals surface area contributed by atoms with Gasteiger partial charge in [-0.25, -0.2) is 0 Å². The summed E-state index contributed by atoms with van der Waals surface area (Å²) in [5.41, 5.74) is 1.09. The van der Waals surface area contributed by atoms with Crippen molar-refractivity contribution in [2.24, 2.45) is 11.8 Å². The van der Waals surface area contributed by atoms with Crippen LogP contribution in [0.2, 0.25) is 0 Å². The van der Waals surface area contributed by atoms with Crippen molar-refractivity contribution in [2.75, 3.05) is 26.2 Å². The summed E-state index contributed by atoms with van der Waals surface area (Å²) < 4.78 is 0. The summed E-state index contributed by atoms with van der Waals surface area (Å²) in [6, 6.07) is 0. The molecule has 2 unspecified atom stereocenters. The largest absolute Gasteiger partial charge is 0.316 e. The molecule has 3 rings (SSSR count). The number of nitrogens with one attached hydrogen (secondary N) is 1. The van der Waals surface area contributed by atoms with Gasteiger partial charge in [0.25, 0.3) is 0 Å². The average molecular weight is 204 g/mol. The molecule has 2 fully saturated rings. The number of rotatable bonds is 2. The lowest BCUT2D eigenvalue weighted by atomic mass is 10.0. The smallest absolute Gasteiger partial charge is 0.0726 e. The van der Waals surface area contributed by atoms with E-state index in [1.807, 2.05) is 6.20 Å². The van der Waals surface area contributed by atoms with E-state index in [0.29, 0.717) is 0 Å². The van der Waals surface area contributed by atoms with Gasteiger partial charge in [0.05, 0.1) is 5.69 Å². The summed E-state index contributed by atoms with van der Waals surface area (Å²) in [6.45, 7) is 5.78. The number of hydrogen-bond donors (Lipinski definition) is 1. The molecule has 1 aromatic rings. The molecule has 0 spiro atoms. The third kappa shape index (κ3) is 1.87.